The fraction of sp³-hybridized carbons (Fsp3) is 0.500. The Bertz CT molecular complexity index is 564. The Morgan fingerprint density at radius 1 is 1.17 bits per heavy atom. The van der Waals surface area contributed by atoms with Crippen molar-refractivity contribution >= 4 is 11.3 Å². The fourth-order valence-electron chi connectivity index (χ4n) is 2.41. The zero-order valence-electron chi connectivity index (χ0n) is 14.3. The van der Waals surface area contributed by atoms with Crippen LogP contribution in [0.15, 0.2) is 30.5 Å². The molecule has 1 N–H and O–H groups in total. The van der Waals surface area contributed by atoms with Crippen molar-refractivity contribution in [1.29, 1.82) is 0 Å². The van der Waals surface area contributed by atoms with E-state index in [4.69, 9.17) is 4.74 Å². The molecule has 1 heterocycles. The lowest BCUT2D eigenvalue weighted by Crippen LogP contribution is -2.25. The molecule has 0 aliphatic carbocycles. The molecule has 4 nitrogen and oxygen atoms in total. The van der Waals surface area contributed by atoms with Crippen molar-refractivity contribution in [2.24, 2.45) is 0 Å². The summed E-state index contributed by atoms with van der Waals surface area (Å²) in [6, 6.07) is 8.24. The van der Waals surface area contributed by atoms with Crippen LogP contribution in [0.5, 0.6) is 5.75 Å². The van der Waals surface area contributed by atoms with E-state index in [2.05, 4.69) is 41.2 Å². The predicted molar refractivity (Wildman–Crippen MR) is 98.2 cm³/mol. The first kappa shape index (κ1) is 17.9. The Hall–Kier alpha value is -1.43. The highest BCUT2D eigenvalue weighted by atomic mass is 32.1. The van der Waals surface area contributed by atoms with Crippen molar-refractivity contribution < 1.29 is 4.74 Å². The van der Waals surface area contributed by atoms with Gasteiger partial charge in [-0.3, -0.25) is 0 Å². The Balaban J connectivity index is 1.82. The SMILES string of the molecule is CCN(CC)CCCOc1ccc(-c2ncc(CNC)s2)cc1. The van der Waals surface area contributed by atoms with Crippen LogP contribution in [0.2, 0.25) is 0 Å². The molecular weight excluding hydrogens is 306 g/mol. The first-order chi connectivity index (χ1) is 11.3. The highest BCUT2D eigenvalue weighted by Crippen LogP contribution is 2.26. The molecule has 0 amide bonds. The molecule has 23 heavy (non-hydrogen) atoms. The fourth-order valence-corrected chi connectivity index (χ4v) is 3.34. The highest BCUT2D eigenvalue weighted by molar-refractivity contribution is 7.15. The monoisotopic (exact) mass is 333 g/mol. The van der Waals surface area contributed by atoms with Gasteiger partial charge in [-0.1, -0.05) is 13.8 Å². The van der Waals surface area contributed by atoms with Crippen LogP contribution in [0, 0.1) is 0 Å². The largest absolute Gasteiger partial charge is 0.494 e. The maximum atomic E-state index is 5.83. The molecule has 2 aromatic rings. The van der Waals surface area contributed by atoms with E-state index >= 15 is 0 Å². The third-order valence-electron chi connectivity index (χ3n) is 3.79. The number of hydrogen-bond donors (Lipinski definition) is 1. The van der Waals surface area contributed by atoms with Gasteiger partial charge in [0.25, 0.3) is 0 Å². The van der Waals surface area contributed by atoms with E-state index in [0.717, 1.165) is 55.5 Å². The lowest BCUT2D eigenvalue weighted by Gasteiger charge is -2.17. The first-order valence-electron chi connectivity index (χ1n) is 8.31. The lowest BCUT2D eigenvalue weighted by atomic mass is 10.2. The molecule has 0 bridgehead atoms. The molecule has 5 heteroatoms. The molecule has 0 saturated carbocycles. The molecule has 1 aromatic carbocycles. The van der Waals surface area contributed by atoms with Gasteiger partial charge in [-0.25, -0.2) is 4.98 Å². The van der Waals surface area contributed by atoms with Crippen LogP contribution in [-0.2, 0) is 6.54 Å². The Labute approximate surface area is 143 Å². The summed E-state index contributed by atoms with van der Waals surface area (Å²) in [5, 5.41) is 4.21. The van der Waals surface area contributed by atoms with E-state index in [-0.39, 0.29) is 0 Å². The number of nitrogens with zero attached hydrogens (tertiary/aromatic N) is 2. The number of ether oxygens (including phenoxy) is 1. The minimum absolute atomic E-state index is 0.763. The van der Waals surface area contributed by atoms with E-state index in [0.29, 0.717) is 0 Å². The lowest BCUT2D eigenvalue weighted by molar-refractivity contribution is 0.249. The molecule has 0 saturated heterocycles. The Kier molecular flexibility index (Phi) is 7.52. The second kappa shape index (κ2) is 9.65. The van der Waals surface area contributed by atoms with Gasteiger partial charge >= 0.3 is 0 Å². The molecule has 0 radical (unpaired) electrons. The molecule has 0 unspecified atom stereocenters. The summed E-state index contributed by atoms with van der Waals surface area (Å²) >= 11 is 1.73. The number of aromatic nitrogens is 1. The average molecular weight is 334 g/mol. The Morgan fingerprint density at radius 2 is 1.91 bits per heavy atom. The summed E-state index contributed by atoms with van der Waals surface area (Å²) in [4.78, 5) is 8.14. The molecule has 0 fully saturated rings. The molecule has 2 rings (SSSR count). The van der Waals surface area contributed by atoms with E-state index < -0.39 is 0 Å². The van der Waals surface area contributed by atoms with Gasteiger partial charge in [0.15, 0.2) is 0 Å². The van der Waals surface area contributed by atoms with E-state index in [1.807, 2.05) is 25.4 Å². The van der Waals surface area contributed by atoms with E-state index in [1.165, 1.54) is 4.88 Å². The number of rotatable bonds is 10. The molecule has 126 valence electrons. The third-order valence-corrected chi connectivity index (χ3v) is 4.83. The highest BCUT2D eigenvalue weighted by Gasteiger charge is 2.05. The third kappa shape index (κ3) is 5.61. The van der Waals surface area contributed by atoms with Gasteiger partial charge in [0, 0.05) is 29.7 Å². The summed E-state index contributed by atoms with van der Waals surface area (Å²) in [6.45, 7) is 9.33. The van der Waals surface area contributed by atoms with Crippen molar-refractivity contribution in [1.82, 2.24) is 15.2 Å². The van der Waals surface area contributed by atoms with Crippen molar-refractivity contribution in [3.8, 4) is 16.3 Å². The number of nitrogens with one attached hydrogen (secondary N) is 1. The molecule has 1 aromatic heterocycles. The van der Waals surface area contributed by atoms with Gasteiger partial charge in [-0.2, -0.15) is 0 Å². The zero-order chi connectivity index (χ0) is 16.5. The average Bonchev–Trinajstić information content (AvgIpc) is 3.05. The minimum atomic E-state index is 0.763. The van der Waals surface area contributed by atoms with Crippen molar-refractivity contribution in [3.63, 3.8) is 0 Å². The van der Waals surface area contributed by atoms with Crippen LogP contribution in [0.3, 0.4) is 0 Å². The van der Waals surface area contributed by atoms with Crippen LogP contribution in [0.1, 0.15) is 25.1 Å². The number of hydrogen-bond acceptors (Lipinski definition) is 5. The van der Waals surface area contributed by atoms with Crippen molar-refractivity contribution in [2.45, 2.75) is 26.8 Å². The topological polar surface area (TPSA) is 37.4 Å². The molecule has 0 spiro atoms. The summed E-state index contributed by atoms with van der Waals surface area (Å²) < 4.78 is 5.83. The van der Waals surface area contributed by atoms with Crippen LogP contribution in [-0.4, -0.2) is 43.2 Å². The normalized spacial score (nSPS) is 11.1. The zero-order valence-corrected chi connectivity index (χ0v) is 15.2. The van der Waals surface area contributed by atoms with Crippen LogP contribution in [0.4, 0.5) is 0 Å². The molecule has 0 aliphatic rings. The van der Waals surface area contributed by atoms with Crippen LogP contribution in [0.25, 0.3) is 10.6 Å². The summed E-state index contributed by atoms with van der Waals surface area (Å²) in [7, 11) is 1.95. The molecule has 0 atom stereocenters. The molecular formula is C18H27N3OS. The quantitative estimate of drug-likeness (QED) is 0.674. The van der Waals surface area contributed by atoms with Crippen LogP contribution >= 0.6 is 11.3 Å². The van der Waals surface area contributed by atoms with E-state index in [9.17, 15) is 0 Å². The summed E-state index contributed by atoms with van der Waals surface area (Å²) in [5.41, 5.74) is 1.15. The Morgan fingerprint density at radius 3 is 2.57 bits per heavy atom. The van der Waals surface area contributed by atoms with E-state index in [1.54, 1.807) is 11.3 Å². The van der Waals surface area contributed by atoms with Gasteiger partial charge in [0.05, 0.1) is 6.61 Å². The second-order valence-electron chi connectivity index (χ2n) is 5.42. The second-order valence-corrected chi connectivity index (χ2v) is 6.53. The smallest absolute Gasteiger partial charge is 0.123 e. The van der Waals surface area contributed by atoms with Gasteiger partial charge in [0.2, 0.25) is 0 Å². The van der Waals surface area contributed by atoms with Gasteiger partial charge in [0.1, 0.15) is 10.8 Å². The van der Waals surface area contributed by atoms with Crippen molar-refractivity contribution in [3.05, 3.63) is 35.3 Å². The first-order valence-corrected chi connectivity index (χ1v) is 9.13. The minimum Gasteiger partial charge on any atom is -0.494 e. The number of benzene rings is 1. The maximum absolute atomic E-state index is 5.83. The summed E-state index contributed by atoms with van der Waals surface area (Å²) in [6.07, 6.45) is 3.00. The van der Waals surface area contributed by atoms with Crippen LogP contribution < -0.4 is 10.1 Å². The van der Waals surface area contributed by atoms with Gasteiger partial charge in [-0.15, -0.1) is 11.3 Å². The van der Waals surface area contributed by atoms with Crippen molar-refractivity contribution in [2.75, 3.05) is 33.3 Å². The predicted octanol–water partition coefficient (Wildman–Crippen LogP) is 3.64. The molecule has 0 aliphatic heterocycles. The maximum Gasteiger partial charge on any atom is 0.123 e. The van der Waals surface area contributed by atoms with Gasteiger partial charge in [-0.05, 0) is 50.8 Å². The number of thiazole rings is 1. The summed E-state index contributed by atoms with van der Waals surface area (Å²) in [5.74, 6) is 0.931. The van der Waals surface area contributed by atoms with Gasteiger partial charge < -0.3 is 15.0 Å². The standard InChI is InChI=1S/C18H27N3OS/c1-4-21(5-2)11-6-12-22-16-9-7-15(8-10-16)18-20-14-17(23-18)13-19-3/h7-10,14,19H,4-6,11-13H2,1-3H3.